The van der Waals surface area contributed by atoms with Gasteiger partial charge in [-0.05, 0) is 18.2 Å². The summed E-state index contributed by atoms with van der Waals surface area (Å²) < 4.78 is 5.02. The highest BCUT2D eigenvalue weighted by Gasteiger charge is 2.09. The monoisotopic (exact) mass is 247 g/mol. The van der Waals surface area contributed by atoms with E-state index >= 15 is 0 Å². The third-order valence-electron chi connectivity index (χ3n) is 2.07. The van der Waals surface area contributed by atoms with Gasteiger partial charge in [0.15, 0.2) is 0 Å². The fourth-order valence-corrected chi connectivity index (χ4v) is 1.37. The summed E-state index contributed by atoms with van der Waals surface area (Å²) in [5.74, 6) is -1.45. The van der Waals surface area contributed by atoms with E-state index < -0.39 is 18.3 Å². The molecule has 0 atom stereocenters. The molecule has 0 fully saturated rings. The maximum Gasteiger partial charge on any atom is 0.312 e. The van der Waals surface area contributed by atoms with E-state index in [2.05, 4.69) is 15.5 Å². The Balaban J connectivity index is 2.13. The van der Waals surface area contributed by atoms with Crippen molar-refractivity contribution in [1.29, 1.82) is 0 Å². The molecule has 1 heterocycles. The van der Waals surface area contributed by atoms with Crippen molar-refractivity contribution in [2.24, 2.45) is 0 Å². The molecule has 1 aromatic heterocycles. The third-order valence-corrected chi connectivity index (χ3v) is 2.07. The summed E-state index contributed by atoms with van der Waals surface area (Å²) in [4.78, 5) is 21.6. The number of carbonyl (C=O) groups excluding carboxylic acids is 1. The summed E-state index contributed by atoms with van der Waals surface area (Å²) >= 11 is 0. The zero-order valence-electron chi connectivity index (χ0n) is 9.16. The van der Waals surface area contributed by atoms with Crippen LogP contribution in [0.3, 0.4) is 0 Å². The Hall–Kier alpha value is -2.70. The molecule has 2 rings (SSSR count). The standard InChI is InChI=1S/C11H9N3O4/c15-9(5-10(16)17)13-8-3-1-2-7(4-8)11-14-12-6-18-11/h1-4,6H,5H2,(H,13,15)(H,16,17). The van der Waals surface area contributed by atoms with Gasteiger partial charge in [0.25, 0.3) is 0 Å². The number of amides is 1. The predicted molar refractivity (Wildman–Crippen MR) is 60.6 cm³/mol. The topological polar surface area (TPSA) is 105 Å². The second-order valence-electron chi connectivity index (χ2n) is 3.44. The first-order chi connectivity index (χ1) is 8.65. The SMILES string of the molecule is O=C(O)CC(=O)Nc1cccc(-c2nnco2)c1. The number of aliphatic carboxylic acids is 1. The van der Waals surface area contributed by atoms with E-state index in [9.17, 15) is 9.59 Å². The van der Waals surface area contributed by atoms with Gasteiger partial charge < -0.3 is 14.8 Å². The van der Waals surface area contributed by atoms with Crippen molar-refractivity contribution in [1.82, 2.24) is 10.2 Å². The molecule has 0 aliphatic heterocycles. The van der Waals surface area contributed by atoms with E-state index in [1.54, 1.807) is 24.3 Å². The lowest BCUT2D eigenvalue weighted by atomic mass is 10.2. The van der Waals surface area contributed by atoms with Crippen LogP contribution in [0.2, 0.25) is 0 Å². The highest BCUT2D eigenvalue weighted by Crippen LogP contribution is 2.20. The van der Waals surface area contributed by atoms with Gasteiger partial charge >= 0.3 is 5.97 Å². The molecule has 0 unspecified atom stereocenters. The molecule has 7 heteroatoms. The Morgan fingerprint density at radius 3 is 2.89 bits per heavy atom. The summed E-state index contributed by atoms with van der Waals surface area (Å²) in [7, 11) is 0. The number of carboxylic acid groups (broad SMARTS) is 1. The molecule has 2 aromatic rings. The minimum Gasteiger partial charge on any atom is -0.481 e. The molecule has 0 aliphatic rings. The van der Waals surface area contributed by atoms with E-state index in [-0.39, 0.29) is 0 Å². The lowest BCUT2D eigenvalue weighted by Crippen LogP contribution is -2.15. The average Bonchev–Trinajstić information content (AvgIpc) is 2.81. The Labute approximate surface area is 101 Å². The van der Waals surface area contributed by atoms with Crippen molar-refractivity contribution in [3.8, 4) is 11.5 Å². The van der Waals surface area contributed by atoms with Crippen LogP contribution in [0, 0.1) is 0 Å². The van der Waals surface area contributed by atoms with Gasteiger partial charge in [0.1, 0.15) is 6.42 Å². The van der Waals surface area contributed by atoms with Gasteiger partial charge in [0, 0.05) is 11.3 Å². The molecule has 7 nitrogen and oxygen atoms in total. The zero-order valence-corrected chi connectivity index (χ0v) is 9.16. The van der Waals surface area contributed by atoms with E-state index in [4.69, 9.17) is 9.52 Å². The molecule has 0 aliphatic carbocycles. The van der Waals surface area contributed by atoms with Gasteiger partial charge in [-0.1, -0.05) is 6.07 Å². The lowest BCUT2D eigenvalue weighted by Gasteiger charge is -2.04. The number of nitrogens with one attached hydrogen (secondary N) is 1. The summed E-state index contributed by atoms with van der Waals surface area (Å²) in [6.07, 6.45) is 0.621. The van der Waals surface area contributed by atoms with Crippen LogP contribution in [0.15, 0.2) is 35.1 Å². The first-order valence-electron chi connectivity index (χ1n) is 5.03. The number of rotatable bonds is 4. The maximum absolute atomic E-state index is 11.3. The number of hydrogen-bond acceptors (Lipinski definition) is 5. The lowest BCUT2D eigenvalue weighted by molar-refractivity contribution is -0.139. The predicted octanol–water partition coefficient (Wildman–Crippen LogP) is 1.15. The minimum absolute atomic E-state index is 0.323. The second-order valence-corrected chi connectivity index (χ2v) is 3.44. The number of hydrogen-bond donors (Lipinski definition) is 2. The van der Waals surface area contributed by atoms with Crippen LogP contribution in [0.4, 0.5) is 5.69 Å². The van der Waals surface area contributed by atoms with Crippen LogP contribution in [-0.4, -0.2) is 27.2 Å². The molecular formula is C11H9N3O4. The van der Waals surface area contributed by atoms with Gasteiger partial charge in [0.2, 0.25) is 18.2 Å². The minimum atomic E-state index is -1.18. The summed E-state index contributed by atoms with van der Waals surface area (Å²) in [6.45, 7) is 0. The van der Waals surface area contributed by atoms with E-state index in [1.807, 2.05) is 0 Å². The van der Waals surface area contributed by atoms with E-state index in [1.165, 1.54) is 6.39 Å². The largest absolute Gasteiger partial charge is 0.481 e. The molecule has 0 radical (unpaired) electrons. The molecule has 0 bridgehead atoms. The first kappa shape index (κ1) is 11.8. The number of carboxylic acids is 1. The number of nitrogens with zero attached hydrogens (tertiary/aromatic N) is 2. The van der Waals surface area contributed by atoms with Crippen molar-refractivity contribution >= 4 is 17.6 Å². The van der Waals surface area contributed by atoms with Crippen LogP contribution < -0.4 is 5.32 Å². The smallest absolute Gasteiger partial charge is 0.312 e. The molecular weight excluding hydrogens is 238 g/mol. The van der Waals surface area contributed by atoms with Crippen LogP contribution in [0.5, 0.6) is 0 Å². The number of benzene rings is 1. The Bertz CT molecular complexity index is 565. The average molecular weight is 247 g/mol. The van der Waals surface area contributed by atoms with Crippen LogP contribution in [0.1, 0.15) is 6.42 Å². The molecule has 0 spiro atoms. The Morgan fingerprint density at radius 1 is 1.39 bits per heavy atom. The highest BCUT2D eigenvalue weighted by molar-refractivity contribution is 6.01. The second kappa shape index (κ2) is 5.09. The molecule has 1 aromatic carbocycles. The number of anilines is 1. The van der Waals surface area contributed by atoms with Crippen LogP contribution in [-0.2, 0) is 9.59 Å². The summed E-state index contributed by atoms with van der Waals surface area (Å²) in [5, 5.41) is 18.2. The van der Waals surface area contributed by atoms with Gasteiger partial charge in [-0.25, -0.2) is 0 Å². The summed E-state index contributed by atoms with van der Waals surface area (Å²) in [6, 6.07) is 6.68. The fourth-order valence-electron chi connectivity index (χ4n) is 1.37. The fraction of sp³-hybridized carbons (Fsp3) is 0.0909. The van der Waals surface area contributed by atoms with Gasteiger partial charge in [-0.2, -0.15) is 0 Å². The highest BCUT2D eigenvalue weighted by atomic mass is 16.4. The molecule has 0 saturated carbocycles. The number of carbonyl (C=O) groups is 2. The Kier molecular flexibility index (Phi) is 3.33. The Morgan fingerprint density at radius 2 is 2.22 bits per heavy atom. The van der Waals surface area contributed by atoms with Crippen molar-refractivity contribution in [2.45, 2.75) is 6.42 Å². The van der Waals surface area contributed by atoms with Crippen molar-refractivity contribution < 1.29 is 19.1 Å². The van der Waals surface area contributed by atoms with Gasteiger partial charge in [-0.3, -0.25) is 9.59 Å². The quantitative estimate of drug-likeness (QED) is 0.785. The van der Waals surface area contributed by atoms with Crippen molar-refractivity contribution in [3.05, 3.63) is 30.7 Å². The molecule has 18 heavy (non-hydrogen) atoms. The third kappa shape index (κ3) is 2.91. The first-order valence-corrected chi connectivity index (χ1v) is 5.03. The molecule has 1 amide bonds. The van der Waals surface area contributed by atoms with Crippen LogP contribution in [0.25, 0.3) is 11.5 Å². The van der Waals surface area contributed by atoms with E-state index in [0.29, 0.717) is 17.1 Å². The van der Waals surface area contributed by atoms with Gasteiger partial charge in [0.05, 0.1) is 0 Å². The molecule has 2 N–H and O–H groups in total. The van der Waals surface area contributed by atoms with Crippen LogP contribution >= 0.6 is 0 Å². The zero-order chi connectivity index (χ0) is 13.0. The maximum atomic E-state index is 11.3. The molecule has 92 valence electrons. The van der Waals surface area contributed by atoms with Crippen molar-refractivity contribution in [2.75, 3.05) is 5.32 Å². The van der Waals surface area contributed by atoms with E-state index in [0.717, 1.165) is 0 Å². The van der Waals surface area contributed by atoms with Crippen molar-refractivity contribution in [3.63, 3.8) is 0 Å². The molecule has 0 saturated heterocycles. The number of aromatic nitrogens is 2. The normalized spacial score (nSPS) is 10.0. The summed E-state index contributed by atoms with van der Waals surface area (Å²) in [5.41, 5.74) is 1.11. The van der Waals surface area contributed by atoms with Gasteiger partial charge in [-0.15, -0.1) is 10.2 Å².